The Morgan fingerprint density at radius 2 is 2.24 bits per heavy atom. The molecule has 0 saturated carbocycles. The number of carboxylic acid groups (broad SMARTS) is 1. The van der Waals surface area contributed by atoms with E-state index in [1.54, 1.807) is 6.08 Å². The molecule has 1 atom stereocenters. The van der Waals surface area contributed by atoms with E-state index in [9.17, 15) is 9.59 Å². The maximum Gasteiger partial charge on any atom is 0.328 e. The van der Waals surface area contributed by atoms with E-state index in [-0.39, 0.29) is 0 Å². The van der Waals surface area contributed by atoms with Gasteiger partial charge in [0.15, 0.2) is 6.04 Å². The number of thiophene rings is 1. The summed E-state index contributed by atoms with van der Waals surface area (Å²) in [6.07, 6.45) is 2.80. The Bertz CT molecular complexity index is 443. The van der Waals surface area contributed by atoms with E-state index in [1.165, 1.54) is 17.4 Å². The molecular weight excluding hydrogens is 310 g/mol. The highest BCUT2D eigenvalue weighted by molar-refractivity contribution is 9.11. The summed E-state index contributed by atoms with van der Waals surface area (Å²) in [5.74, 6) is -1.83. The van der Waals surface area contributed by atoms with E-state index in [1.807, 2.05) is 12.1 Å². The molecule has 0 unspecified atom stereocenters. The third kappa shape index (κ3) is 4.68. The number of nitrogens with one attached hydrogen (secondary N) is 1. The number of carbonyl (C=O) groups is 2. The van der Waals surface area contributed by atoms with Gasteiger partial charge in [-0.1, -0.05) is 0 Å². The first-order chi connectivity index (χ1) is 8.02. The summed E-state index contributed by atoms with van der Waals surface area (Å²) in [4.78, 5) is 22.7. The predicted molar refractivity (Wildman–Crippen MR) is 67.7 cm³/mol. The summed E-state index contributed by atoms with van der Waals surface area (Å²) in [5, 5.41) is 19.5. The monoisotopic (exact) mass is 319 g/mol. The number of aliphatic hydroxyl groups is 1. The summed E-state index contributed by atoms with van der Waals surface area (Å²) in [5.41, 5.74) is 0. The molecule has 0 aromatic carbocycles. The summed E-state index contributed by atoms with van der Waals surface area (Å²) in [6, 6.07) is 2.39. The van der Waals surface area contributed by atoms with E-state index >= 15 is 0 Å². The van der Waals surface area contributed by atoms with Crippen molar-refractivity contribution in [2.24, 2.45) is 0 Å². The third-order valence-corrected chi connectivity index (χ3v) is 3.38. The molecule has 0 aliphatic rings. The predicted octanol–water partition coefficient (Wildman–Crippen LogP) is 1.09. The van der Waals surface area contributed by atoms with E-state index in [4.69, 9.17) is 10.2 Å². The van der Waals surface area contributed by atoms with E-state index in [0.29, 0.717) is 0 Å². The maximum absolute atomic E-state index is 11.3. The highest BCUT2D eigenvalue weighted by Crippen LogP contribution is 2.22. The van der Waals surface area contributed by atoms with E-state index < -0.39 is 24.5 Å². The Morgan fingerprint density at radius 1 is 1.53 bits per heavy atom. The molecule has 1 amide bonds. The van der Waals surface area contributed by atoms with Crippen LogP contribution < -0.4 is 5.32 Å². The van der Waals surface area contributed by atoms with Gasteiger partial charge in [0.2, 0.25) is 5.91 Å². The van der Waals surface area contributed by atoms with Crippen LogP contribution in [0.1, 0.15) is 4.88 Å². The minimum atomic E-state index is -1.28. The van der Waals surface area contributed by atoms with Crippen LogP contribution >= 0.6 is 27.3 Å². The molecule has 1 aromatic heterocycles. The molecule has 0 aliphatic heterocycles. The second-order valence-electron chi connectivity index (χ2n) is 3.06. The molecule has 0 fully saturated rings. The zero-order chi connectivity index (χ0) is 12.8. The van der Waals surface area contributed by atoms with Crippen molar-refractivity contribution < 1.29 is 19.8 Å². The molecule has 0 bridgehead atoms. The second-order valence-corrected chi connectivity index (χ2v) is 5.55. The van der Waals surface area contributed by atoms with Crippen molar-refractivity contribution in [2.45, 2.75) is 6.04 Å². The Morgan fingerprint density at radius 3 is 2.71 bits per heavy atom. The number of carboxylic acids is 1. The lowest BCUT2D eigenvalue weighted by molar-refractivity contribution is -0.142. The topological polar surface area (TPSA) is 86.6 Å². The zero-order valence-electron chi connectivity index (χ0n) is 8.59. The lowest BCUT2D eigenvalue weighted by Crippen LogP contribution is -2.42. The number of rotatable bonds is 5. The Hall–Kier alpha value is -1.18. The maximum atomic E-state index is 11.3. The molecule has 1 rings (SSSR count). The quantitative estimate of drug-likeness (QED) is 0.709. The van der Waals surface area contributed by atoms with Gasteiger partial charge in [-0.05, 0) is 34.1 Å². The van der Waals surface area contributed by atoms with Gasteiger partial charge in [-0.15, -0.1) is 11.3 Å². The van der Waals surface area contributed by atoms with Gasteiger partial charge in [0.25, 0.3) is 0 Å². The van der Waals surface area contributed by atoms with Crippen molar-refractivity contribution in [3.8, 4) is 0 Å². The second kappa shape index (κ2) is 6.53. The summed E-state index contributed by atoms with van der Waals surface area (Å²) < 4.78 is 0.941. The van der Waals surface area contributed by atoms with E-state index in [0.717, 1.165) is 8.66 Å². The first-order valence-corrected chi connectivity index (χ1v) is 6.21. The molecule has 1 heterocycles. The molecular formula is C10H10BrNO4S. The van der Waals surface area contributed by atoms with Gasteiger partial charge < -0.3 is 15.5 Å². The summed E-state index contributed by atoms with van der Waals surface area (Å²) >= 11 is 4.73. The first kappa shape index (κ1) is 13.9. The van der Waals surface area contributed by atoms with Crippen molar-refractivity contribution in [1.82, 2.24) is 5.32 Å². The standard InChI is InChI=1S/C10H10BrNO4S/c11-8-3-1-6(17-8)2-4-9(14)12-7(5-13)10(15)16/h1-4,7,13H,5H2,(H,12,14)(H,15,16)/b4-2+/t7-/m0/s1. The number of aliphatic carboxylic acids is 1. The highest BCUT2D eigenvalue weighted by Gasteiger charge is 2.16. The van der Waals surface area contributed by atoms with Crippen molar-refractivity contribution in [1.29, 1.82) is 0 Å². The Labute approximate surface area is 110 Å². The van der Waals surface area contributed by atoms with E-state index in [2.05, 4.69) is 21.2 Å². The molecule has 3 N–H and O–H groups in total. The van der Waals surface area contributed by atoms with Gasteiger partial charge in [-0.3, -0.25) is 4.79 Å². The van der Waals surface area contributed by atoms with Crippen molar-refractivity contribution in [3.05, 3.63) is 26.9 Å². The van der Waals surface area contributed by atoms with Crippen molar-refractivity contribution in [2.75, 3.05) is 6.61 Å². The van der Waals surface area contributed by atoms with Gasteiger partial charge in [-0.25, -0.2) is 4.79 Å². The van der Waals surface area contributed by atoms with Gasteiger partial charge >= 0.3 is 5.97 Å². The minimum absolute atomic E-state index is 0.559. The number of hydrogen-bond acceptors (Lipinski definition) is 4. The fraction of sp³-hybridized carbons (Fsp3) is 0.200. The van der Waals surface area contributed by atoms with Crippen LogP contribution in [0.25, 0.3) is 6.08 Å². The van der Waals surface area contributed by atoms with Crippen LogP contribution in [0.2, 0.25) is 0 Å². The number of amides is 1. The fourth-order valence-corrected chi connectivity index (χ4v) is 2.31. The zero-order valence-corrected chi connectivity index (χ0v) is 11.0. The molecule has 5 nitrogen and oxygen atoms in total. The number of aliphatic hydroxyl groups excluding tert-OH is 1. The van der Waals surface area contributed by atoms with Crippen molar-refractivity contribution >= 4 is 45.2 Å². The number of hydrogen-bond donors (Lipinski definition) is 3. The smallest absolute Gasteiger partial charge is 0.328 e. The molecule has 0 spiro atoms. The molecule has 0 radical (unpaired) electrons. The van der Waals surface area contributed by atoms with Crippen LogP contribution in [0.3, 0.4) is 0 Å². The average Bonchev–Trinajstić information content (AvgIpc) is 2.68. The third-order valence-electron chi connectivity index (χ3n) is 1.79. The Kier molecular flexibility index (Phi) is 5.33. The van der Waals surface area contributed by atoms with Crippen LogP contribution in [0.5, 0.6) is 0 Å². The van der Waals surface area contributed by atoms with Gasteiger partial charge in [0, 0.05) is 11.0 Å². The van der Waals surface area contributed by atoms with Gasteiger partial charge in [0.05, 0.1) is 10.4 Å². The van der Waals surface area contributed by atoms with Crippen molar-refractivity contribution in [3.63, 3.8) is 0 Å². The molecule has 7 heteroatoms. The van der Waals surface area contributed by atoms with Gasteiger partial charge in [0.1, 0.15) is 0 Å². The SMILES string of the molecule is O=C(/C=C/c1ccc(Br)s1)N[C@@H](CO)C(=O)O. The lowest BCUT2D eigenvalue weighted by atomic mass is 10.3. The summed E-state index contributed by atoms with van der Waals surface area (Å²) in [7, 11) is 0. The summed E-state index contributed by atoms with van der Waals surface area (Å²) in [6.45, 7) is -0.639. The minimum Gasteiger partial charge on any atom is -0.480 e. The molecule has 0 saturated heterocycles. The fourth-order valence-electron chi connectivity index (χ4n) is 0.981. The largest absolute Gasteiger partial charge is 0.480 e. The molecule has 0 aliphatic carbocycles. The highest BCUT2D eigenvalue weighted by atomic mass is 79.9. The number of halogens is 1. The Balaban J connectivity index is 2.54. The molecule has 1 aromatic rings. The molecule has 92 valence electrons. The number of carbonyl (C=O) groups excluding carboxylic acids is 1. The van der Waals surface area contributed by atoms with Crippen LogP contribution in [-0.4, -0.2) is 34.7 Å². The van der Waals surface area contributed by atoms with Gasteiger partial charge in [-0.2, -0.15) is 0 Å². The van der Waals surface area contributed by atoms with Crippen LogP contribution in [0.4, 0.5) is 0 Å². The normalized spacial score (nSPS) is 12.6. The van der Waals surface area contributed by atoms with Crippen LogP contribution in [0.15, 0.2) is 22.0 Å². The average molecular weight is 320 g/mol. The van der Waals surface area contributed by atoms with Crippen LogP contribution in [0, 0.1) is 0 Å². The molecule has 17 heavy (non-hydrogen) atoms. The van der Waals surface area contributed by atoms with Crippen LogP contribution in [-0.2, 0) is 9.59 Å². The lowest BCUT2D eigenvalue weighted by Gasteiger charge is -2.08. The first-order valence-electron chi connectivity index (χ1n) is 4.60.